The average Bonchev–Trinajstić information content (AvgIpc) is 3.13. The van der Waals surface area contributed by atoms with Gasteiger partial charge >= 0.3 is 0 Å². The molecule has 0 spiro atoms. The van der Waals surface area contributed by atoms with Gasteiger partial charge in [-0.3, -0.25) is 19.1 Å². The van der Waals surface area contributed by atoms with Gasteiger partial charge in [-0.1, -0.05) is 23.7 Å². The number of amides is 2. The summed E-state index contributed by atoms with van der Waals surface area (Å²) >= 11 is 6.24. The first kappa shape index (κ1) is 24.7. The van der Waals surface area contributed by atoms with Crippen molar-refractivity contribution in [3.63, 3.8) is 0 Å². The van der Waals surface area contributed by atoms with Gasteiger partial charge in [-0.15, -0.1) is 0 Å². The zero-order valence-electron chi connectivity index (χ0n) is 19.5. The molecule has 3 aromatic rings. The lowest BCUT2D eigenvalue weighted by atomic mass is 9.85. The normalized spacial score (nSPS) is 15.3. The molecule has 184 valence electrons. The number of aryl methyl sites for hydroxylation is 1. The number of ketones is 1. The first-order chi connectivity index (χ1) is 16.5. The number of fused-ring (bicyclic) bond motifs is 1. The highest BCUT2D eigenvalue weighted by atomic mass is 35.5. The van der Waals surface area contributed by atoms with Crippen LogP contribution in [0.15, 0.2) is 24.3 Å². The van der Waals surface area contributed by atoms with Crippen molar-refractivity contribution in [2.75, 3.05) is 27.2 Å². The first-order valence-corrected chi connectivity index (χ1v) is 11.3. The maximum atomic E-state index is 13.2. The molecule has 2 aromatic heterocycles. The van der Waals surface area contributed by atoms with Crippen LogP contribution in [0.1, 0.15) is 39.4 Å². The fourth-order valence-electron chi connectivity index (χ4n) is 4.11. The molecule has 0 aliphatic carbocycles. The molecule has 3 heterocycles. The van der Waals surface area contributed by atoms with Crippen LogP contribution < -0.4 is 0 Å². The molecule has 1 aromatic carbocycles. The molecule has 10 nitrogen and oxygen atoms in total. The minimum Gasteiger partial charge on any atom is -0.389 e. The lowest BCUT2D eigenvalue weighted by Gasteiger charge is -2.38. The third kappa shape index (κ3) is 4.87. The lowest BCUT2D eigenvalue weighted by molar-refractivity contribution is -0.124. The number of carbonyl (C=O) groups excluding carboxylic acids is 3. The fourth-order valence-corrected chi connectivity index (χ4v) is 4.31. The van der Waals surface area contributed by atoms with Crippen LogP contribution in [0.2, 0.25) is 5.15 Å². The second kappa shape index (κ2) is 9.31. The maximum absolute atomic E-state index is 13.2. The van der Waals surface area contributed by atoms with Gasteiger partial charge in [0.25, 0.3) is 17.6 Å². The van der Waals surface area contributed by atoms with Crippen LogP contribution in [0.4, 0.5) is 4.39 Å². The van der Waals surface area contributed by atoms with Crippen LogP contribution in [-0.2, 0) is 18.3 Å². The van der Waals surface area contributed by atoms with Gasteiger partial charge in [0.2, 0.25) is 5.65 Å². The standard InChI is InChI=1S/C23H24ClFN6O4/c1-29(2)22(34)18(32)17-15-20(28-30(17)3)27-19(24)16(26-15)21(33)31-10-8-23(35,9-11-31)12-13-4-6-14(25)7-5-13/h4-7,35H,8-12H2,1-3H3. The number of aliphatic hydroxyl groups is 1. The summed E-state index contributed by atoms with van der Waals surface area (Å²) in [6.45, 7) is 0.481. The van der Waals surface area contributed by atoms with E-state index in [1.54, 1.807) is 12.1 Å². The van der Waals surface area contributed by atoms with Gasteiger partial charge in [-0.05, 0) is 30.5 Å². The van der Waals surface area contributed by atoms with Crippen LogP contribution in [0.3, 0.4) is 0 Å². The van der Waals surface area contributed by atoms with E-state index in [0.29, 0.717) is 19.3 Å². The van der Waals surface area contributed by atoms with Gasteiger partial charge in [-0.25, -0.2) is 14.4 Å². The molecule has 0 unspecified atom stereocenters. The largest absolute Gasteiger partial charge is 0.389 e. The van der Waals surface area contributed by atoms with Crippen molar-refractivity contribution in [1.29, 1.82) is 0 Å². The van der Waals surface area contributed by atoms with Gasteiger partial charge in [0.15, 0.2) is 10.8 Å². The molecular formula is C23H24ClFN6O4. The lowest BCUT2D eigenvalue weighted by Crippen LogP contribution is -2.48. The van der Waals surface area contributed by atoms with E-state index in [1.165, 1.54) is 42.9 Å². The van der Waals surface area contributed by atoms with Crippen molar-refractivity contribution in [2.45, 2.75) is 24.9 Å². The molecule has 2 amide bonds. The third-order valence-electron chi connectivity index (χ3n) is 6.07. The number of nitrogens with zero attached hydrogens (tertiary/aromatic N) is 6. The smallest absolute Gasteiger partial charge is 0.296 e. The van der Waals surface area contributed by atoms with E-state index in [9.17, 15) is 23.9 Å². The molecule has 1 aliphatic rings. The Bertz CT molecular complexity index is 1320. The highest BCUT2D eigenvalue weighted by molar-refractivity contribution is 6.44. The van der Waals surface area contributed by atoms with Gasteiger partial charge < -0.3 is 14.9 Å². The topological polar surface area (TPSA) is 122 Å². The molecule has 35 heavy (non-hydrogen) atoms. The van der Waals surface area contributed by atoms with E-state index >= 15 is 0 Å². The quantitative estimate of drug-likeness (QED) is 0.415. The number of piperidine rings is 1. The Balaban J connectivity index is 1.55. The Morgan fingerprint density at radius 3 is 2.37 bits per heavy atom. The Hall–Kier alpha value is -3.44. The summed E-state index contributed by atoms with van der Waals surface area (Å²) in [6, 6.07) is 5.95. The van der Waals surface area contributed by atoms with Crippen LogP contribution in [0.25, 0.3) is 11.2 Å². The number of benzene rings is 1. The second-order valence-electron chi connectivity index (χ2n) is 8.86. The predicted octanol–water partition coefficient (Wildman–Crippen LogP) is 1.64. The summed E-state index contributed by atoms with van der Waals surface area (Å²) in [5.74, 6) is -2.45. The minimum atomic E-state index is -1.04. The Morgan fingerprint density at radius 2 is 1.77 bits per heavy atom. The number of Topliss-reactive ketones (excluding diaryl/α,β-unsaturated/α-hetero) is 1. The molecular weight excluding hydrogens is 479 g/mol. The zero-order valence-corrected chi connectivity index (χ0v) is 20.2. The fraction of sp³-hybridized carbons (Fsp3) is 0.391. The van der Waals surface area contributed by atoms with Gasteiger partial charge in [0.05, 0.1) is 5.60 Å². The summed E-state index contributed by atoms with van der Waals surface area (Å²) in [5, 5.41) is 14.9. The number of likely N-dealkylation sites (N-methyl/N-ethyl adjacent to an activating group) is 1. The molecule has 0 saturated carbocycles. The maximum Gasteiger partial charge on any atom is 0.296 e. The van der Waals surface area contributed by atoms with Crippen molar-refractivity contribution < 1.29 is 23.9 Å². The number of hydrogen-bond acceptors (Lipinski definition) is 7. The van der Waals surface area contributed by atoms with Crippen molar-refractivity contribution in [3.8, 4) is 0 Å². The van der Waals surface area contributed by atoms with E-state index in [0.717, 1.165) is 10.5 Å². The van der Waals surface area contributed by atoms with Crippen LogP contribution in [-0.4, -0.2) is 85.0 Å². The minimum absolute atomic E-state index is 0.00488. The zero-order chi connectivity index (χ0) is 25.5. The third-order valence-corrected chi connectivity index (χ3v) is 6.34. The summed E-state index contributed by atoms with van der Waals surface area (Å²) in [4.78, 5) is 49.2. The van der Waals surface area contributed by atoms with Gasteiger partial charge in [-0.2, -0.15) is 5.10 Å². The van der Waals surface area contributed by atoms with Gasteiger partial charge in [0.1, 0.15) is 17.0 Å². The van der Waals surface area contributed by atoms with E-state index in [4.69, 9.17) is 11.6 Å². The number of hydrogen-bond donors (Lipinski definition) is 1. The van der Waals surface area contributed by atoms with Crippen molar-refractivity contribution in [3.05, 3.63) is 52.2 Å². The molecule has 1 saturated heterocycles. The number of likely N-dealkylation sites (tertiary alicyclic amines) is 1. The molecule has 4 rings (SSSR count). The number of aromatic nitrogens is 4. The summed E-state index contributed by atoms with van der Waals surface area (Å²) in [5.41, 5.74) is -0.453. The van der Waals surface area contributed by atoms with Crippen LogP contribution in [0.5, 0.6) is 0 Å². The number of halogens is 2. The Morgan fingerprint density at radius 1 is 1.14 bits per heavy atom. The highest BCUT2D eigenvalue weighted by Gasteiger charge is 2.36. The SMILES string of the molecule is CN(C)C(=O)C(=O)c1c2nc(C(=O)N3CCC(O)(Cc4ccc(F)cc4)CC3)c(Cl)nc2nn1C. The molecule has 0 radical (unpaired) electrons. The second-order valence-corrected chi connectivity index (χ2v) is 9.21. The average molecular weight is 503 g/mol. The summed E-state index contributed by atoms with van der Waals surface area (Å²) < 4.78 is 14.4. The Labute approximate surface area is 205 Å². The van der Waals surface area contributed by atoms with Crippen molar-refractivity contribution in [1.82, 2.24) is 29.5 Å². The van der Waals surface area contributed by atoms with E-state index in [2.05, 4.69) is 15.1 Å². The Kier molecular flexibility index (Phi) is 6.56. The highest BCUT2D eigenvalue weighted by Crippen LogP contribution is 2.28. The monoisotopic (exact) mass is 502 g/mol. The van der Waals surface area contributed by atoms with E-state index in [1.807, 2.05) is 0 Å². The van der Waals surface area contributed by atoms with Crippen LogP contribution in [0, 0.1) is 5.82 Å². The predicted molar refractivity (Wildman–Crippen MR) is 125 cm³/mol. The van der Waals surface area contributed by atoms with E-state index < -0.39 is 23.2 Å². The molecule has 1 fully saturated rings. The summed E-state index contributed by atoms with van der Waals surface area (Å²) in [6.07, 6.45) is 0.942. The molecule has 1 N–H and O–H groups in total. The van der Waals surface area contributed by atoms with Gasteiger partial charge in [0, 0.05) is 40.7 Å². The van der Waals surface area contributed by atoms with Crippen molar-refractivity contribution in [2.24, 2.45) is 7.05 Å². The summed E-state index contributed by atoms with van der Waals surface area (Å²) in [7, 11) is 4.37. The number of rotatable bonds is 5. The number of carbonyl (C=O) groups is 3. The van der Waals surface area contributed by atoms with Crippen molar-refractivity contribution >= 4 is 40.4 Å². The molecule has 0 atom stereocenters. The molecule has 1 aliphatic heterocycles. The van der Waals surface area contributed by atoms with E-state index in [-0.39, 0.29) is 46.6 Å². The first-order valence-electron chi connectivity index (χ1n) is 10.9. The molecule has 0 bridgehead atoms. The van der Waals surface area contributed by atoms with Crippen LogP contribution >= 0.6 is 11.6 Å². The molecule has 12 heteroatoms.